The molecule has 0 bridgehead atoms. The Morgan fingerprint density at radius 1 is 1.64 bits per heavy atom. The fourth-order valence-corrected chi connectivity index (χ4v) is 2.05. The summed E-state index contributed by atoms with van der Waals surface area (Å²) in [5.74, 6) is 1.46. The van der Waals surface area contributed by atoms with E-state index in [4.69, 9.17) is 10.3 Å². The number of rotatable bonds is 2. The fourth-order valence-electron chi connectivity index (χ4n) is 2.05. The molecule has 4 heteroatoms. The summed E-state index contributed by atoms with van der Waals surface area (Å²) >= 11 is 0. The van der Waals surface area contributed by atoms with Gasteiger partial charge >= 0.3 is 0 Å². The first kappa shape index (κ1) is 9.68. The van der Waals surface area contributed by atoms with Crippen LogP contribution in [-0.2, 0) is 6.54 Å². The molecule has 3 N–H and O–H groups in total. The second-order valence-corrected chi connectivity index (χ2v) is 3.86. The number of hydrogen-bond acceptors (Lipinski definition) is 4. The minimum atomic E-state index is 0.462. The van der Waals surface area contributed by atoms with E-state index >= 15 is 0 Å². The molecule has 1 unspecified atom stereocenters. The number of nitrogens with one attached hydrogen (secondary N) is 1. The Morgan fingerprint density at radius 2 is 2.50 bits per heavy atom. The van der Waals surface area contributed by atoms with E-state index in [0.29, 0.717) is 12.5 Å². The van der Waals surface area contributed by atoms with Crippen LogP contribution in [0, 0.1) is 6.92 Å². The fraction of sp³-hybridized carbons (Fsp3) is 0.700. The highest BCUT2D eigenvalue weighted by Gasteiger charge is 2.23. The van der Waals surface area contributed by atoms with Gasteiger partial charge in [-0.25, -0.2) is 0 Å². The van der Waals surface area contributed by atoms with Crippen LogP contribution < -0.4 is 11.1 Å². The van der Waals surface area contributed by atoms with Gasteiger partial charge in [-0.2, -0.15) is 0 Å². The second-order valence-electron chi connectivity index (χ2n) is 3.86. The van der Waals surface area contributed by atoms with E-state index in [1.165, 1.54) is 12.8 Å². The maximum absolute atomic E-state index is 5.68. The van der Waals surface area contributed by atoms with Crippen molar-refractivity contribution >= 4 is 0 Å². The van der Waals surface area contributed by atoms with E-state index in [9.17, 15) is 0 Å². The van der Waals surface area contributed by atoms with Crippen LogP contribution in [-0.4, -0.2) is 18.2 Å². The molecule has 0 spiro atoms. The van der Waals surface area contributed by atoms with Crippen LogP contribution in [0.25, 0.3) is 0 Å². The van der Waals surface area contributed by atoms with Crippen LogP contribution >= 0.6 is 0 Å². The van der Waals surface area contributed by atoms with Crippen LogP contribution in [0.2, 0.25) is 0 Å². The SMILES string of the molecule is Cc1noc(C2CCCNC2)c1CN. The number of nitrogens with two attached hydrogens (primary N) is 1. The summed E-state index contributed by atoms with van der Waals surface area (Å²) in [5, 5.41) is 7.35. The molecule has 1 saturated heterocycles. The third-order valence-electron chi connectivity index (χ3n) is 2.89. The molecule has 1 aliphatic heterocycles. The molecule has 0 aromatic carbocycles. The molecule has 14 heavy (non-hydrogen) atoms. The number of piperidine rings is 1. The van der Waals surface area contributed by atoms with Crippen molar-refractivity contribution in [3.63, 3.8) is 0 Å². The minimum Gasteiger partial charge on any atom is -0.360 e. The maximum atomic E-state index is 5.68. The molecule has 0 saturated carbocycles. The lowest BCUT2D eigenvalue weighted by Crippen LogP contribution is -2.28. The van der Waals surface area contributed by atoms with Crippen LogP contribution in [0.5, 0.6) is 0 Å². The van der Waals surface area contributed by atoms with Crippen LogP contribution in [0.1, 0.15) is 35.8 Å². The number of hydrogen-bond donors (Lipinski definition) is 2. The smallest absolute Gasteiger partial charge is 0.145 e. The molecule has 2 heterocycles. The van der Waals surface area contributed by atoms with E-state index in [0.717, 1.165) is 30.1 Å². The highest BCUT2D eigenvalue weighted by atomic mass is 16.5. The Bertz CT molecular complexity index is 302. The average molecular weight is 195 g/mol. The maximum Gasteiger partial charge on any atom is 0.145 e. The van der Waals surface area contributed by atoms with Gasteiger partial charge in [0.15, 0.2) is 0 Å². The molecule has 1 aromatic rings. The van der Waals surface area contributed by atoms with Crippen LogP contribution in [0.3, 0.4) is 0 Å². The molecular weight excluding hydrogens is 178 g/mol. The molecule has 0 amide bonds. The summed E-state index contributed by atoms with van der Waals surface area (Å²) in [7, 11) is 0. The van der Waals surface area contributed by atoms with Crippen molar-refractivity contribution in [3.05, 3.63) is 17.0 Å². The molecule has 1 aliphatic rings. The van der Waals surface area contributed by atoms with Crippen molar-refractivity contribution in [1.29, 1.82) is 0 Å². The number of aryl methyl sites for hydroxylation is 1. The van der Waals surface area contributed by atoms with Crippen molar-refractivity contribution in [1.82, 2.24) is 10.5 Å². The van der Waals surface area contributed by atoms with Crippen LogP contribution in [0.4, 0.5) is 0 Å². The lowest BCUT2D eigenvalue weighted by Gasteiger charge is -2.21. The summed E-state index contributed by atoms with van der Waals surface area (Å²) in [6.45, 7) is 4.58. The Labute approximate surface area is 83.8 Å². The third-order valence-corrected chi connectivity index (χ3v) is 2.89. The van der Waals surface area contributed by atoms with Gasteiger partial charge in [0, 0.05) is 24.6 Å². The summed E-state index contributed by atoms with van der Waals surface area (Å²) in [5.41, 5.74) is 7.72. The van der Waals surface area contributed by atoms with E-state index < -0.39 is 0 Å². The molecule has 0 aliphatic carbocycles. The Balaban J connectivity index is 2.21. The average Bonchev–Trinajstić information content (AvgIpc) is 2.61. The molecule has 1 fully saturated rings. The van der Waals surface area contributed by atoms with E-state index in [1.807, 2.05) is 6.92 Å². The third kappa shape index (κ3) is 1.67. The highest BCUT2D eigenvalue weighted by molar-refractivity contribution is 5.25. The molecule has 2 rings (SSSR count). The molecule has 78 valence electrons. The number of nitrogens with zero attached hydrogens (tertiary/aromatic N) is 1. The predicted molar refractivity (Wildman–Crippen MR) is 54.0 cm³/mol. The van der Waals surface area contributed by atoms with Gasteiger partial charge in [-0.05, 0) is 26.3 Å². The first-order valence-corrected chi connectivity index (χ1v) is 5.18. The van der Waals surface area contributed by atoms with E-state index in [2.05, 4.69) is 10.5 Å². The second kappa shape index (κ2) is 4.11. The topological polar surface area (TPSA) is 64.1 Å². The monoisotopic (exact) mass is 195 g/mol. The molecule has 0 radical (unpaired) electrons. The first-order valence-electron chi connectivity index (χ1n) is 5.18. The summed E-state index contributed by atoms with van der Waals surface area (Å²) < 4.78 is 5.36. The Kier molecular flexibility index (Phi) is 2.84. The number of aromatic nitrogens is 1. The lowest BCUT2D eigenvalue weighted by atomic mass is 9.94. The summed E-state index contributed by atoms with van der Waals surface area (Å²) in [4.78, 5) is 0. The van der Waals surface area contributed by atoms with Gasteiger partial charge in [0.1, 0.15) is 5.76 Å². The van der Waals surface area contributed by atoms with Gasteiger partial charge in [0.2, 0.25) is 0 Å². The first-order chi connectivity index (χ1) is 6.83. The van der Waals surface area contributed by atoms with Gasteiger partial charge < -0.3 is 15.6 Å². The summed E-state index contributed by atoms with van der Waals surface area (Å²) in [6.07, 6.45) is 2.38. The Morgan fingerprint density at radius 3 is 3.14 bits per heavy atom. The normalized spacial score (nSPS) is 22.6. The summed E-state index contributed by atoms with van der Waals surface area (Å²) in [6, 6.07) is 0. The lowest BCUT2D eigenvalue weighted by molar-refractivity contribution is 0.326. The van der Waals surface area contributed by atoms with Crippen molar-refractivity contribution in [2.75, 3.05) is 13.1 Å². The standard InChI is InChI=1S/C10H17N3O/c1-7-9(5-11)10(14-13-7)8-3-2-4-12-6-8/h8,12H,2-6,11H2,1H3. The van der Waals surface area contributed by atoms with Gasteiger partial charge in [-0.3, -0.25) is 0 Å². The van der Waals surface area contributed by atoms with Gasteiger partial charge in [0.25, 0.3) is 0 Å². The zero-order chi connectivity index (χ0) is 9.97. The van der Waals surface area contributed by atoms with Crippen molar-refractivity contribution in [2.24, 2.45) is 5.73 Å². The largest absolute Gasteiger partial charge is 0.360 e. The van der Waals surface area contributed by atoms with Gasteiger partial charge in [-0.1, -0.05) is 5.16 Å². The molecule has 1 aromatic heterocycles. The molecular formula is C10H17N3O. The zero-order valence-corrected chi connectivity index (χ0v) is 8.55. The van der Waals surface area contributed by atoms with Crippen molar-refractivity contribution in [3.8, 4) is 0 Å². The van der Waals surface area contributed by atoms with Crippen molar-refractivity contribution < 1.29 is 4.52 Å². The highest BCUT2D eigenvalue weighted by Crippen LogP contribution is 2.27. The van der Waals surface area contributed by atoms with Crippen molar-refractivity contribution in [2.45, 2.75) is 32.2 Å². The van der Waals surface area contributed by atoms with Gasteiger partial charge in [0.05, 0.1) is 5.69 Å². The predicted octanol–water partition coefficient (Wildman–Crippen LogP) is 0.909. The Hall–Kier alpha value is -0.870. The molecule has 1 atom stereocenters. The van der Waals surface area contributed by atoms with E-state index in [1.54, 1.807) is 0 Å². The molecule has 4 nitrogen and oxygen atoms in total. The van der Waals surface area contributed by atoms with Crippen LogP contribution in [0.15, 0.2) is 4.52 Å². The minimum absolute atomic E-state index is 0.462. The van der Waals surface area contributed by atoms with E-state index in [-0.39, 0.29) is 0 Å². The zero-order valence-electron chi connectivity index (χ0n) is 8.55. The van der Waals surface area contributed by atoms with Gasteiger partial charge in [-0.15, -0.1) is 0 Å². The quantitative estimate of drug-likeness (QED) is 0.736.